The minimum Gasteiger partial charge on any atom is -0.316 e. The molecular weight excluding hydrogens is 270 g/mol. The summed E-state index contributed by atoms with van der Waals surface area (Å²) in [5.41, 5.74) is 3.60. The molecule has 1 N–H and O–H groups in total. The van der Waals surface area contributed by atoms with Gasteiger partial charge in [-0.05, 0) is 35.6 Å². The van der Waals surface area contributed by atoms with Crippen molar-refractivity contribution in [1.82, 2.24) is 5.32 Å². The van der Waals surface area contributed by atoms with Crippen LogP contribution in [0.25, 0.3) is 0 Å². The maximum atomic E-state index is 12.4. The molecule has 0 amide bonds. The van der Waals surface area contributed by atoms with Crippen molar-refractivity contribution in [2.75, 3.05) is 13.1 Å². The molecule has 0 radical (unpaired) electrons. The zero-order valence-corrected chi connectivity index (χ0v) is 13.1. The molecule has 1 saturated heterocycles. The summed E-state index contributed by atoms with van der Waals surface area (Å²) in [6.45, 7) is 4.18. The first-order valence-electron chi connectivity index (χ1n) is 8.11. The first kappa shape index (κ1) is 15.0. The van der Waals surface area contributed by atoms with Crippen LogP contribution in [-0.2, 0) is 11.2 Å². The Labute approximate surface area is 132 Å². The maximum absolute atomic E-state index is 12.4. The second-order valence-corrected chi connectivity index (χ2v) is 6.21. The lowest BCUT2D eigenvalue weighted by Gasteiger charge is -2.12. The molecule has 0 spiro atoms. The second-order valence-electron chi connectivity index (χ2n) is 6.21. The van der Waals surface area contributed by atoms with Crippen molar-refractivity contribution in [3.05, 3.63) is 71.3 Å². The number of carbonyl (C=O) groups is 1. The Kier molecular flexibility index (Phi) is 4.69. The Morgan fingerprint density at radius 2 is 1.86 bits per heavy atom. The number of ketones is 1. The Bertz CT molecular complexity index is 612. The monoisotopic (exact) mass is 293 g/mol. The van der Waals surface area contributed by atoms with Gasteiger partial charge in [0.15, 0.2) is 0 Å². The van der Waals surface area contributed by atoms with E-state index < -0.39 is 0 Å². The van der Waals surface area contributed by atoms with E-state index in [1.54, 1.807) is 0 Å². The van der Waals surface area contributed by atoms with Gasteiger partial charge in [-0.2, -0.15) is 0 Å². The fraction of sp³-hybridized carbons (Fsp3) is 0.350. The molecule has 1 fully saturated rings. The highest BCUT2D eigenvalue weighted by Gasteiger charge is 2.18. The number of carbonyl (C=O) groups excluding carboxylic acids is 1. The SMILES string of the molecule is C[C@H](C(=O)Cc1ccc(C2CCNC2)cc1)c1ccccc1. The van der Waals surface area contributed by atoms with Gasteiger partial charge in [0.2, 0.25) is 0 Å². The van der Waals surface area contributed by atoms with E-state index in [1.807, 2.05) is 37.3 Å². The number of rotatable bonds is 5. The van der Waals surface area contributed by atoms with Crippen LogP contribution in [-0.4, -0.2) is 18.9 Å². The van der Waals surface area contributed by atoms with Gasteiger partial charge in [-0.3, -0.25) is 4.79 Å². The number of hydrogen-bond acceptors (Lipinski definition) is 2. The van der Waals surface area contributed by atoms with E-state index in [1.165, 1.54) is 12.0 Å². The van der Waals surface area contributed by atoms with Crippen molar-refractivity contribution < 1.29 is 4.79 Å². The normalized spacial score (nSPS) is 19.0. The Morgan fingerprint density at radius 1 is 1.14 bits per heavy atom. The molecule has 2 atom stereocenters. The van der Waals surface area contributed by atoms with E-state index in [-0.39, 0.29) is 11.7 Å². The smallest absolute Gasteiger partial charge is 0.144 e. The summed E-state index contributed by atoms with van der Waals surface area (Å²) in [6, 6.07) is 18.6. The molecular formula is C20H23NO. The lowest BCUT2D eigenvalue weighted by atomic mass is 9.91. The van der Waals surface area contributed by atoms with Crippen LogP contribution in [0.5, 0.6) is 0 Å². The Hall–Kier alpha value is -1.93. The van der Waals surface area contributed by atoms with E-state index in [2.05, 4.69) is 29.6 Å². The third kappa shape index (κ3) is 3.45. The van der Waals surface area contributed by atoms with Gasteiger partial charge in [-0.1, -0.05) is 61.5 Å². The van der Waals surface area contributed by atoms with E-state index in [0.717, 1.165) is 24.2 Å². The predicted molar refractivity (Wildman–Crippen MR) is 90.2 cm³/mol. The average molecular weight is 293 g/mol. The molecule has 114 valence electrons. The van der Waals surface area contributed by atoms with Crippen LogP contribution in [0.3, 0.4) is 0 Å². The lowest BCUT2D eigenvalue weighted by molar-refractivity contribution is -0.119. The maximum Gasteiger partial charge on any atom is 0.144 e. The average Bonchev–Trinajstić information content (AvgIpc) is 3.10. The standard InChI is InChI=1S/C20H23NO/c1-15(17-5-3-2-4-6-17)20(22)13-16-7-9-18(10-8-16)19-11-12-21-14-19/h2-10,15,19,21H,11-14H2,1H3/t15-,19?/m0/s1. The van der Waals surface area contributed by atoms with Gasteiger partial charge in [-0.15, -0.1) is 0 Å². The third-order valence-corrected chi connectivity index (χ3v) is 4.67. The van der Waals surface area contributed by atoms with Crippen molar-refractivity contribution in [2.24, 2.45) is 0 Å². The topological polar surface area (TPSA) is 29.1 Å². The molecule has 3 rings (SSSR count). The number of benzene rings is 2. The van der Waals surface area contributed by atoms with Crippen LogP contribution in [0.2, 0.25) is 0 Å². The first-order valence-corrected chi connectivity index (χ1v) is 8.11. The summed E-state index contributed by atoms with van der Waals surface area (Å²) in [5, 5.41) is 3.40. The zero-order valence-electron chi connectivity index (χ0n) is 13.1. The molecule has 0 aliphatic carbocycles. The molecule has 22 heavy (non-hydrogen) atoms. The largest absolute Gasteiger partial charge is 0.316 e. The molecule has 0 bridgehead atoms. The lowest BCUT2D eigenvalue weighted by Crippen LogP contribution is -2.12. The third-order valence-electron chi connectivity index (χ3n) is 4.67. The van der Waals surface area contributed by atoms with Crippen molar-refractivity contribution in [2.45, 2.75) is 31.6 Å². The highest BCUT2D eigenvalue weighted by Crippen LogP contribution is 2.23. The summed E-state index contributed by atoms with van der Waals surface area (Å²) in [6.07, 6.45) is 1.72. The Morgan fingerprint density at radius 3 is 2.50 bits per heavy atom. The van der Waals surface area contributed by atoms with Crippen molar-refractivity contribution in [3.8, 4) is 0 Å². The van der Waals surface area contributed by atoms with E-state index in [0.29, 0.717) is 12.3 Å². The summed E-state index contributed by atoms with van der Waals surface area (Å²) < 4.78 is 0. The summed E-state index contributed by atoms with van der Waals surface area (Å²) in [7, 11) is 0. The fourth-order valence-corrected chi connectivity index (χ4v) is 3.13. The van der Waals surface area contributed by atoms with Gasteiger partial charge >= 0.3 is 0 Å². The molecule has 2 nitrogen and oxygen atoms in total. The van der Waals surface area contributed by atoms with E-state index >= 15 is 0 Å². The summed E-state index contributed by atoms with van der Waals surface area (Å²) in [4.78, 5) is 12.4. The van der Waals surface area contributed by atoms with Crippen molar-refractivity contribution >= 4 is 5.78 Å². The Balaban J connectivity index is 1.64. The molecule has 0 aromatic heterocycles. The van der Waals surface area contributed by atoms with Crippen molar-refractivity contribution in [1.29, 1.82) is 0 Å². The van der Waals surface area contributed by atoms with Gasteiger partial charge in [0.25, 0.3) is 0 Å². The van der Waals surface area contributed by atoms with Crippen LogP contribution in [0.1, 0.15) is 41.9 Å². The van der Waals surface area contributed by atoms with Gasteiger partial charge in [0.05, 0.1) is 0 Å². The highest BCUT2D eigenvalue weighted by molar-refractivity contribution is 5.87. The number of hydrogen-bond donors (Lipinski definition) is 1. The summed E-state index contributed by atoms with van der Waals surface area (Å²) in [5.74, 6) is 0.870. The van der Waals surface area contributed by atoms with Crippen LogP contribution in [0, 0.1) is 0 Å². The van der Waals surface area contributed by atoms with E-state index in [9.17, 15) is 4.79 Å². The van der Waals surface area contributed by atoms with Crippen molar-refractivity contribution in [3.63, 3.8) is 0 Å². The molecule has 1 unspecified atom stereocenters. The minimum atomic E-state index is -0.0418. The van der Waals surface area contributed by atoms with Crippen LogP contribution < -0.4 is 5.32 Å². The predicted octanol–water partition coefficient (Wildman–Crippen LogP) is 3.68. The van der Waals surface area contributed by atoms with Crippen LogP contribution in [0.15, 0.2) is 54.6 Å². The first-order chi connectivity index (χ1) is 10.7. The molecule has 2 aromatic rings. The van der Waals surface area contributed by atoms with E-state index in [4.69, 9.17) is 0 Å². The molecule has 1 aliphatic rings. The summed E-state index contributed by atoms with van der Waals surface area (Å²) >= 11 is 0. The van der Waals surface area contributed by atoms with Gasteiger partial charge in [0, 0.05) is 18.9 Å². The fourth-order valence-electron chi connectivity index (χ4n) is 3.13. The second kappa shape index (κ2) is 6.89. The molecule has 1 heterocycles. The van der Waals surface area contributed by atoms with Crippen LogP contribution >= 0.6 is 0 Å². The molecule has 1 aliphatic heterocycles. The number of Topliss-reactive ketones (excluding diaryl/α,β-unsaturated/α-hetero) is 1. The zero-order chi connectivity index (χ0) is 15.4. The molecule has 0 saturated carbocycles. The highest BCUT2D eigenvalue weighted by atomic mass is 16.1. The van der Waals surface area contributed by atoms with Gasteiger partial charge in [0.1, 0.15) is 5.78 Å². The quantitative estimate of drug-likeness (QED) is 0.911. The number of nitrogens with one attached hydrogen (secondary N) is 1. The van der Waals surface area contributed by atoms with Gasteiger partial charge < -0.3 is 5.32 Å². The molecule has 2 aromatic carbocycles. The van der Waals surface area contributed by atoms with Crippen LogP contribution in [0.4, 0.5) is 0 Å². The van der Waals surface area contributed by atoms with Gasteiger partial charge in [-0.25, -0.2) is 0 Å². The molecule has 2 heteroatoms. The minimum absolute atomic E-state index is 0.0418.